The predicted molar refractivity (Wildman–Crippen MR) is 110 cm³/mol. The summed E-state index contributed by atoms with van der Waals surface area (Å²) in [7, 11) is -1.21. The number of benzene rings is 2. The average molecular weight is 461 g/mol. The molecule has 1 aliphatic heterocycles. The third-order valence-corrected chi connectivity index (χ3v) is 14.9. The molecule has 5 rings (SSSR count). The first-order chi connectivity index (χ1) is 12.8. The van der Waals surface area contributed by atoms with Crippen LogP contribution in [0.15, 0.2) is 64.6 Å². The van der Waals surface area contributed by atoms with E-state index in [2.05, 4.69) is 67.6 Å². The van der Waals surface area contributed by atoms with Crippen LogP contribution in [0.4, 0.5) is 0 Å². The largest absolute Gasteiger partial charge is 1.00 e. The van der Waals surface area contributed by atoms with Crippen LogP contribution in [-0.4, -0.2) is 8.07 Å². The maximum atomic E-state index is 2.48. The summed E-state index contributed by atoms with van der Waals surface area (Å²) in [6, 6.07) is 21.2. The van der Waals surface area contributed by atoms with Crippen LogP contribution in [0.25, 0.3) is 11.1 Å². The van der Waals surface area contributed by atoms with Crippen molar-refractivity contribution in [1.82, 2.24) is 0 Å². The topological polar surface area (TPSA) is 0 Å². The molecule has 0 N–H and O–H groups in total. The normalized spacial score (nSPS) is 20.0. The molecule has 1 unspecified atom stereocenters. The van der Waals surface area contributed by atoms with Crippen LogP contribution in [0, 0.1) is 0 Å². The molecule has 1 atom stereocenters. The van der Waals surface area contributed by atoms with Crippen molar-refractivity contribution in [3.63, 3.8) is 0 Å². The Balaban J connectivity index is 0.00000112. The van der Waals surface area contributed by atoms with Gasteiger partial charge < -0.3 is 24.8 Å². The minimum Gasteiger partial charge on any atom is -1.00 e. The van der Waals surface area contributed by atoms with Gasteiger partial charge in [0.15, 0.2) is 0 Å². The average Bonchev–Trinajstić information content (AvgIpc) is 3.25. The summed E-state index contributed by atoms with van der Waals surface area (Å²) < 4.78 is 3.43. The Bertz CT molecular complexity index is 915. The van der Waals surface area contributed by atoms with E-state index in [-0.39, 0.29) is 44.0 Å². The van der Waals surface area contributed by atoms with Crippen LogP contribution in [0.1, 0.15) is 42.9 Å². The van der Waals surface area contributed by atoms with Gasteiger partial charge in [-0.1, -0.05) is 0 Å². The van der Waals surface area contributed by atoms with Gasteiger partial charge in [-0.05, 0) is 0 Å². The summed E-state index contributed by atoms with van der Waals surface area (Å²) in [5.41, 5.74) is 7.36. The van der Waals surface area contributed by atoms with Crippen molar-refractivity contribution in [2.24, 2.45) is 0 Å². The van der Waals surface area contributed by atoms with Gasteiger partial charge in [-0.25, -0.2) is 0 Å². The number of halogens is 2. The first-order valence-corrected chi connectivity index (χ1v) is 14.4. The molecule has 1 saturated heterocycles. The van der Waals surface area contributed by atoms with Gasteiger partial charge in [-0.2, -0.15) is 0 Å². The first-order valence-electron chi connectivity index (χ1n) is 10.2. The van der Waals surface area contributed by atoms with Gasteiger partial charge in [0.25, 0.3) is 0 Å². The Kier molecular flexibility index (Phi) is 7.16. The van der Waals surface area contributed by atoms with Crippen molar-refractivity contribution in [1.29, 1.82) is 0 Å². The van der Waals surface area contributed by atoms with Crippen molar-refractivity contribution < 1.29 is 44.0 Å². The Hall–Kier alpha value is -0.569. The second kappa shape index (κ2) is 9.06. The van der Waals surface area contributed by atoms with Gasteiger partial charge in [0, 0.05) is 0 Å². The monoisotopic (exact) mass is 460 g/mol. The van der Waals surface area contributed by atoms with Crippen molar-refractivity contribution in [3.8, 4) is 11.1 Å². The minimum atomic E-state index is -1.21. The summed E-state index contributed by atoms with van der Waals surface area (Å²) in [6.45, 7) is 2.41. The van der Waals surface area contributed by atoms with Gasteiger partial charge in [0.1, 0.15) is 0 Å². The molecule has 4 heteroatoms. The van der Waals surface area contributed by atoms with Crippen molar-refractivity contribution in [2.45, 2.75) is 49.9 Å². The van der Waals surface area contributed by atoms with Gasteiger partial charge in [0.2, 0.25) is 0 Å². The Morgan fingerprint density at radius 1 is 1.00 bits per heavy atom. The molecule has 0 bridgehead atoms. The molecule has 0 saturated carbocycles. The molecular formula is C24H26Cl2SiTi. The third kappa shape index (κ3) is 3.55. The minimum absolute atomic E-state index is 0. The van der Waals surface area contributed by atoms with Crippen LogP contribution in [-0.2, 0) is 19.2 Å². The van der Waals surface area contributed by atoms with E-state index in [4.69, 9.17) is 0 Å². The molecule has 0 radical (unpaired) electrons. The maximum Gasteiger partial charge on any atom is -1.00 e. The zero-order chi connectivity index (χ0) is 17.6. The quantitative estimate of drug-likeness (QED) is 0.557. The zero-order valence-corrected chi connectivity index (χ0v) is 20.4. The molecule has 3 aliphatic rings. The van der Waals surface area contributed by atoms with E-state index in [0.29, 0.717) is 0 Å². The molecule has 1 fully saturated rings. The van der Waals surface area contributed by atoms with Crippen molar-refractivity contribution in [2.75, 3.05) is 0 Å². The summed E-state index contributed by atoms with van der Waals surface area (Å²) in [4.78, 5) is 0. The summed E-state index contributed by atoms with van der Waals surface area (Å²) in [5, 5.41) is 0. The van der Waals surface area contributed by atoms with E-state index in [1.54, 1.807) is 42.1 Å². The molecule has 2 aromatic rings. The van der Waals surface area contributed by atoms with Gasteiger partial charge in [-0.15, -0.1) is 0 Å². The predicted octanol–water partition coefficient (Wildman–Crippen LogP) is 0.160. The number of hydrogen-bond acceptors (Lipinski definition) is 0. The fourth-order valence-corrected chi connectivity index (χ4v) is 13.3. The third-order valence-electron chi connectivity index (χ3n) is 6.73. The molecule has 0 amide bonds. The Morgan fingerprint density at radius 2 is 1.79 bits per heavy atom. The van der Waals surface area contributed by atoms with Crippen molar-refractivity contribution >= 4 is 11.9 Å². The summed E-state index contributed by atoms with van der Waals surface area (Å²) in [6.07, 6.45) is 11.0. The maximum absolute atomic E-state index is 2.48. The Labute approximate surface area is 191 Å². The van der Waals surface area contributed by atoms with E-state index in [1.165, 1.54) is 25.3 Å². The Morgan fingerprint density at radius 3 is 2.46 bits per heavy atom. The number of hydrogen-bond donors (Lipinski definition) is 0. The zero-order valence-electron chi connectivity index (χ0n) is 16.3. The van der Waals surface area contributed by atoms with E-state index < -0.39 is 8.07 Å². The van der Waals surface area contributed by atoms with Crippen LogP contribution < -0.4 is 28.7 Å². The number of rotatable bonds is 5. The second-order valence-electron chi connectivity index (χ2n) is 8.20. The molecule has 0 spiro atoms. The fraction of sp³-hybridized carbons (Fsp3) is 0.333. The molecule has 28 heavy (non-hydrogen) atoms. The smallest absolute Gasteiger partial charge is 1.00 e. The molecule has 2 aliphatic carbocycles. The molecule has 1 heterocycles. The van der Waals surface area contributed by atoms with Gasteiger partial charge in [-0.3, -0.25) is 0 Å². The molecule has 2 aromatic carbocycles. The summed E-state index contributed by atoms with van der Waals surface area (Å²) in [5.74, 6) is 0. The van der Waals surface area contributed by atoms with Crippen LogP contribution in [0.5, 0.6) is 0 Å². The first kappa shape index (κ1) is 22.1. The summed E-state index contributed by atoms with van der Waals surface area (Å²) >= 11 is -0.190. The number of allylic oxidation sites excluding steroid dienone is 4. The van der Waals surface area contributed by atoms with Gasteiger partial charge >= 0.3 is 168 Å². The SMILES string of the molecule is CCC[Si]1(C2c3ccccc3-c3ccc[c]([Ti+2][C]4=CC=CC4)c32)CCC1.[Cl-].[Cl-]. The van der Waals surface area contributed by atoms with Crippen LogP contribution in [0.2, 0.25) is 18.1 Å². The van der Waals surface area contributed by atoms with Gasteiger partial charge in [0.05, 0.1) is 0 Å². The van der Waals surface area contributed by atoms with Crippen LogP contribution in [0.3, 0.4) is 0 Å². The van der Waals surface area contributed by atoms with Crippen LogP contribution >= 0.6 is 0 Å². The molecular weight excluding hydrogens is 435 g/mol. The number of fused-ring (bicyclic) bond motifs is 3. The van der Waals surface area contributed by atoms with E-state index >= 15 is 0 Å². The second-order valence-corrected chi connectivity index (χ2v) is 15.2. The molecule has 144 valence electrons. The molecule has 0 aromatic heterocycles. The molecule has 0 nitrogen and oxygen atoms in total. The van der Waals surface area contributed by atoms with E-state index in [0.717, 1.165) is 5.54 Å². The standard InChI is InChI=1S/C19H21Si.C5H5.2ClH.Ti/c1-2-12-20(13-7-14-20)19-17-10-5-3-8-15(17)16-9-4-6-11-18(16)19;1-2-4-5-3-1;;;/h3-6,8-10,19H,2,7,12-14H2,1H3;1-3H,4H2;2*1H;/q;;;;+2/p-2. The van der Waals surface area contributed by atoms with Crippen molar-refractivity contribution in [3.05, 3.63) is 75.7 Å². The fourth-order valence-electron chi connectivity index (χ4n) is 5.53. The van der Waals surface area contributed by atoms with E-state index in [1.807, 2.05) is 0 Å². The van der Waals surface area contributed by atoms with E-state index in [9.17, 15) is 0 Å².